The number of halogens is 2. The molecule has 108 valence electrons. The zero-order valence-corrected chi connectivity index (χ0v) is 12.5. The highest BCUT2D eigenvalue weighted by Gasteiger charge is 2.34. The number of hydrogen-bond donors (Lipinski definition) is 1. The number of aliphatic carboxylic acids is 1. The molecule has 8 heteroatoms. The number of ether oxygens (including phenoxy) is 1. The van der Waals surface area contributed by atoms with E-state index in [1.165, 1.54) is 22.7 Å². The Kier molecular flexibility index (Phi) is 5.01. The molecule has 1 aromatic carbocycles. The van der Waals surface area contributed by atoms with Gasteiger partial charge < -0.3 is 14.7 Å². The van der Waals surface area contributed by atoms with Crippen LogP contribution in [0.1, 0.15) is 0 Å². The number of carboxylic acids is 1. The normalized spacial score (nSPS) is 18.1. The van der Waals surface area contributed by atoms with Crippen LogP contribution in [0.15, 0.2) is 18.2 Å². The van der Waals surface area contributed by atoms with Crippen molar-refractivity contribution in [3.05, 3.63) is 28.2 Å². The van der Waals surface area contributed by atoms with Gasteiger partial charge in [0.1, 0.15) is 5.75 Å². The van der Waals surface area contributed by atoms with Gasteiger partial charge in [-0.25, -0.2) is 4.79 Å². The van der Waals surface area contributed by atoms with E-state index >= 15 is 0 Å². The van der Waals surface area contributed by atoms with E-state index in [1.54, 1.807) is 12.1 Å². The van der Waals surface area contributed by atoms with Gasteiger partial charge in [-0.1, -0.05) is 23.2 Å². The third-order valence-corrected chi connectivity index (χ3v) is 4.39. The van der Waals surface area contributed by atoms with Crippen molar-refractivity contribution in [1.29, 1.82) is 0 Å². The molecule has 1 aromatic rings. The summed E-state index contributed by atoms with van der Waals surface area (Å²) in [6, 6.07) is 4.67. The molecule has 1 unspecified atom stereocenters. The van der Waals surface area contributed by atoms with Gasteiger partial charge in [-0.15, -0.1) is 11.8 Å². The minimum atomic E-state index is -1.02. The summed E-state index contributed by atoms with van der Waals surface area (Å²) in [5.41, 5.74) is 0. The predicted octanol–water partition coefficient (Wildman–Crippen LogP) is 2.36. The van der Waals surface area contributed by atoms with Crippen molar-refractivity contribution in [3.8, 4) is 5.75 Å². The first-order valence-electron chi connectivity index (χ1n) is 5.71. The largest absolute Gasteiger partial charge is 0.482 e. The Hall–Kier alpha value is -1.11. The van der Waals surface area contributed by atoms with Crippen LogP contribution in [0.3, 0.4) is 0 Å². The van der Waals surface area contributed by atoms with Gasteiger partial charge in [0.2, 0.25) is 0 Å². The number of thioether (sulfide) groups is 1. The van der Waals surface area contributed by atoms with Crippen molar-refractivity contribution >= 4 is 46.8 Å². The highest BCUT2D eigenvalue weighted by Crippen LogP contribution is 2.28. The quantitative estimate of drug-likeness (QED) is 0.914. The van der Waals surface area contributed by atoms with Crippen LogP contribution in [0.2, 0.25) is 10.0 Å². The van der Waals surface area contributed by atoms with Gasteiger partial charge in [-0.05, 0) is 18.2 Å². The van der Waals surface area contributed by atoms with Crippen molar-refractivity contribution in [2.75, 3.05) is 18.9 Å². The molecule has 0 aliphatic carbocycles. The van der Waals surface area contributed by atoms with Gasteiger partial charge in [-0.3, -0.25) is 4.79 Å². The van der Waals surface area contributed by atoms with E-state index in [-0.39, 0.29) is 12.5 Å². The molecule has 2 rings (SSSR count). The Balaban J connectivity index is 1.96. The van der Waals surface area contributed by atoms with E-state index in [9.17, 15) is 9.59 Å². The van der Waals surface area contributed by atoms with Crippen LogP contribution in [0.25, 0.3) is 0 Å². The zero-order valence-electron chi connectivity index (χ0n) is 10.2. The Morgan fingerprint density at radius 1 is 1.45 bits per heavy atom. The smallest absolute Gasteiger partial charge is 0.337 e. The number of rotatable bonds is 4. The number of benzene rings is 1. The summed E-state index contributed by atoms with van der Waals surface area (Å²) in [6.07, 6.45) is 0. The number of hydrogen-bond acceptors (Lipinski definition) is 4. The second-order valence-electron chi connectivity index (χ2n) is 4.01. The molecule has 1 amide bonds. The lowest BCUT2D eigenvalue weighted by Crippen LogP contribution is -2.41. The molecule has 1 fully saturated rings. The summed E-state index contributed by atoms with van der Waals surface area (Å²) in [5.74, 6) is -0.466. The lowest BCUT2D eigenvalue weighted by atomic mass is 10.3. The molecule has 1 aliphatic rings. The molecule has 0 spiro atoms. The van der Waals surface area contributed by atoms with Crippen LogP contribution in [0.5, 0.6) is 5.75 Å². The Bertz CT molecular complexity index is 540. The molecule has 5 nitrogen and oxygen atoms in total. The third kappa shape index (κ3) is 3.50. The van der Waals surface area contributed by atoms with Crippen LogP contribution in [-0.2, 0) is 9.59 Å². The summed E-state index contributed by atoms with van der Waals surface area (Å²) in [7, 11) is 0. The molecule has 0 bridgehead atoms. The molecule has 1 saturated heterocycles. The van der Waals surface area contributed by atoms with Crippen molar-refractivity contribution in [1.82, 2.24) is 4.90 Å². The number of carboxylic acid groups (broad SMARTS) is 1. The van der Waals surface area contributed by atoms with Gasteiger partial charge >= 0.3 is 5.97 Å². The first-order chi connectivity index (χ1) is 9.49. The fourth-order valence-electron chi connectivity index (χ4n) is 1.74. The Labute approximate surface area is 129 Å². The Morgan fingerprint density at radius 3 is 2.85 bits per heavy atom. The minimum absolute atomic E-state index is 0.258. The standard InChI is InChI=1S/C12H11Cl2NO4S/c13-7-1-2-9(8(14)5-7)19-6-10(16)15-3-4-20-11(15)12(17)18/h1-2,5,11H,3-4,6H2,(H,17,18). The SMILES string of the molecule is O=C(O)C1SCCN1C(=O)COc1ccc(Cl)cc1Cl. The van der Waals surface area contributed by atoms with Gasteiger partial charge in [-0.2, -0.15) is 0 Å². The van der Waals surface area contributed by atoms with E-state index in [0.717, 1.165) is 0 Å². The van der Waals surface area contributed by atoms with Gasteiger partial charge in [0, 0.05) is 17.3 Å². The Morgan fingerprint density at radius 2 is 2.20 bits per heavy atom. The molecule has 1 aliphatic heterocycles. The van der Waals surface area contributed by atoms with Crippen LogP contribution < -0.4 is 4.74 Å². The molecular formula is C12H11Cl2NO4S. The highest BCUT2D eigenvalue weighted by molar-refractivity contribution is 8.00. The van der Waals surface area contributed by atoms with Crippen LogP contribution in [-0.4, -0.2) is 46.2 Å². The van der Waals surface area contributed by atoms with Gasteiger partial charge in [0.15, 0.2) is 12.0 Å². The number of carbonyl (C=O) groups excluding carboxylic acids is 1. The van der Waals surface area contributed by atoms with Crippen molar-refractivity contribution in [2.24, 2.45) is 0 Å². The van der Waals surface area contributed by atoms with E-state index in [4.69, 9.17) is 33.0 Å². The third-order valence-electron chi connectivity index (χ3n) is 2.67. The molecular weight excluding hydrogens is 325 g/mol. The molecule has 1 N–H and O–H groups in total. The van der Waals surface area contributed by atoms with Crippen molar-refractivity contribution in [2.45, 2.75) is 5.37 Å². The summed E-state index contributed by atoms with van der Waals surface area (Å²) in [5, 5.41) is 8.93. The summed E-state index contributed by atoms with van der Waals surface area (Å²) < 4.78 is 5.31. The minimum Gasteiger partial charge on any atom is -0.482 e. The van der Waals surface area contributed by atoms with Gasteiger partial charge in [0.25, 0.3) is 5.91 Å². The van der Waals surface area contributed by atoms with Crippen LogP contribution in [0.4, 0.5) is 0 Å². The monoisotopic (exact) mass is 335 g/mol. The fraction of sp³-hybridized carbons (Fsp3) is 0.333. The molecule has 1 heterocycles. The average Bonchev–Trinajstić information content (AvgIpc) is 2.86. The fourth-order valence-corrected chi connectivity index (χ4v) is 3.28. The topological polar surface area (TPSA) is 66.8 Å². The molecule has 0 aromatic heterocycles. The van der Waals surface area contributed by atoms with Crippen molar-refractivity contribution < 1.29 is 19.4 Å². The number of carbonyl (C=O) groups is 2. The summed E-state index contributed by atoms with van der Waals surface area (Å²) >= 11 is 12.9. The van der Waals surface area contributed by atoms with Gasteiger partial charge in [0.05, 0.1) is 5.02 Å². The first-order valence-corrected chi connectivity index (χ1v) is 7.51. The second-order valence-corrected chi connectivity index (χ2v) is 6.04. The second kappa shape index (κ2) is 6.56. The van der Waals surface area contributed by atoms with Crippen molar-refractivity contribution in [3.63, 3.8) is 0 Å². The van der Waals surface area contributed by atoms with Crippen LogP contribution >= 0.6 is 35.0 Å². The zero-order chi connectivity index (χ0) is 14.7. The van der Waals surface area contributed by atoms with E-state index < -0.39 is 11.3 Å². The highest BCUT2D eigenvalue weighted by atomic mass is 35.5. The average molecular weight is 336 g/mol. The summed E-state index contributed by atoms with van der Waals surface area (Å²) in [4.78, 5) is 24.2. The molecule has 1 atom stereocenters. The van der Waals surface area contributed by atoms with E-state index in [2.05, 4.69) is 0 Å². The summed E-state index contributed by atoms with van der Waals surface area (Å²) in [6.45, 7) is 0.143. The predicted molar refractivity (Wildman–Crippen MR) is 77.6 cm³/mol. The maximum atomic E-state index is 12.0. The maximum absolute atomic E-state index is 12.0. The lowest BCUT2D eigenvalue weighted by Gasteiger charge is -2.20. The lowest BCUT2D eigenvalue weighted by molar-refractivity contribution is -0.146. The number of nitrogens with zero attached hydrogens (tertiary/aromatic N) is 1. The maximum Gasteiger partial charge on any atom is 0.337 e. The van der Waals surface area contributed by atoms with Crippen LogP contribution in [0, 0.1) is 0 Å². The number of amides is 1. The molecule has 20 heavy (non-hydrogen) atoms. The van der Waals surface area contributed by atoms with E-state index in [1.807, 2.05) is 0 Å². The first kappa shape index (κ1) is 15.3. The van der Waals surface area contributed by atoms with E-state index in [0.29, 0.717) is 28.1 Å². The molecule has 0 saturated carbocycles. The molecule has 0 radical (unpaired) electrons.